The van der Waals surface area contributed by atoms with Crippen molar-refractivity contribution in [3.05, 3.63) is 12.2 Å². The Balaban J connectivity index is 3.13. The van der Waals surface area contributed by atoms with Crippen molar-refractivity contribution in [3.8, 4) is 0 Å². The van der Waals surface area contributed by atoms with E-state index >= 15 is 0 Å². The average Bonchev–Trinajstić information content (AvgIpc) is 2.63. The van der Waals surface area contributed by atoms with Crippen molar-refractivity contribution in [2.75, 3.05) is 0 Å². The maximum atomic E-state index is 2.43. The molecule has 0 N–H and O–H groups in total. The van der Waals surface area contributed by atoms with Gasteiger partial charge in [0.2, 0.25) is 0 Å². The summed E-state index contributed by atoms with van der Waals surface area (Å²) in [5.41, 5.74) is 0. The average molecular weight is 351 g/mol. The monoisotopic (exact) mass is 350 g/mol. The van der Waals surface area contributed by atoms with Gasteiger partial charge in [-0.05, 0) is 37.5 Å². The first kappa shape index (κ1) is 24.7. The summed E-state index contributed by atoms with van der Waals surface area (Å²) >= 11 is 0. The Morgan fingerprint density at radius 1 is 0.480 bits per heavy atom. The predicted octanol–water partition coefficient (Wildman–Crippen LogP) is 9.49. The lowest BCUT2D eigenvalue weighted by molar-refractivity contribution is 0.469. The second kappa shape index (κ2) is 20.1. The van der Waals surface area contributed by atoms with E-state index in [0.717, 1.165) is 11.8 Å². The van der Waals surface area contributed by atoms with E-state index in [1.807, 2.05) is 0 Å². The van der Waals surface area contributed by atoms with Gasteiger partial charge in [0, 0.05) is 0 Å². The van der Waals surface area contributed by atoms with Gasteiger partial charge in [-0.25, -0.2) is 0 Å². The Kier molecular flexibility index (Phi) is 19.8. The van der Waals surface area contributed by atoms with Crippen LogP contribution in [-0.4, -0.2) is 0 Å². The number of allylic oxidation sites excluding steroid dienone is 2. The highest BCUT2D eigenvalue weighted by molar-refractivity contribution is 4.81. The number of hydrogen-bond donors (Lipinski definition) is 0. The van der Waals surface area contributed by atoms with Crippen molar-refractivity contribution in [1.29, 1.82) is 0 Å². The molecule has 0 fully saturated rings. The third-order valence-electron chi connectivity index (χ3n) is 5.95. The highest BCUT2D eigenvalue weighted by Crippen LogP contribution is 2.15. The summed E-state index contributed by atoms with van der Waals surface area (Å²) in [7, 11) is 0. The van der Waals surface area contributed by atoms with Crippen LogP contribution in [0.4, 0.5) is 0 Å². The minimum atomic E-state index is 0.931. The Bertz CT molecular complexity index is 265. The van der Waals surface area contributed by atoms with Crippen molar-refractivity contribution in [1.82, 2.24) is 0 Å². The smallest absolute Gasteiger partial charge is 0.0351 e. The molecular formula is C25H50. The normalized spacial score (nSPS) is 14.2. The van der Waals surface area contributed by atoms with Gasteiger partial charge >= 0.3 is 0 Å². The Morgan fingerprint density at radius 3 is 1.20 bits per heavy atom. The molecule has 150 valence electrons. The molecule has 0 nitrogen and oxygen atoms in total. The summed E-state index contributed by atoms with van der Waals surface area (Å²) in [6.07, 6.45) is 28.9. The van der Waals surface area contributed by atoms with Gasteiger partial charge in [-0.15, -0.1) is 0 Å². The summed E-state index contributed by atoms with van der Waals surface area (Å²) in [4.78, 5) is 0. The van der Waals surface area contributed by atoms with Crippen LogP contribution in [0.5, 0.6) is 0 Å². The SMILES string of the molecule is CCC(C)CCCCCC=CCCCCCCCCCCC(C)CC. The third kappa shape index (κ3) is 19.9. The molecule has 0 spiro atoms. The minimum absolute atomic E-state index is 0.931. The lowest BCUT2D eigenvalue weighted by atomic mass is 9.99. The van der Waals surface area contributed by atoms with E-state index in [9.17, 15) is 0 Å². The van der Waals surface area contributed by atoms with Crippen molar-refractivity contribution < 1.29 is 0 Å². The van der Waals surface area contributed by atoms with Gasteiger partial charge in [0.05, 0.1) is 0 Å². The van der Waals surface area contributed by atoms with E-state index < -0.39 is 0 Å². The fourth-order valence-electron chi connectivity index (χ4n) is 3.39. The van der Waals surface area contributed by atoms with Crippen molar-refractivity contribution in [2.45, 2.75) is 137 Å². The van der Waals surface area contributed by atoms with Crippen molar-refractivity contribution in [2.24, 2.45) is 11.8 Å². The first-order valence-corrected chi connectivity index (χ1v) is 11.9. The lowest BCUT2D eigenvalue weighted by Gasteiger charge is -2.07. The third-order valence-corrected chi connectivity index (χ3v) is 5.95. The van der Waals surface area contributed by atoms with Gasteiger partial charge in [0.1, 0.15) is 0 Å². The molecule has 0 heterocycles. The van der Waals surface area contributed by atoms with Crippen LogP contribution < -0.4 is 0 Å². The van der Waals surface area contributed by atoms with Crippen LogP contribution in [0.3, 0.4) is 0 Å². The predicted molar refractivity (Wildman–Crippen MR) is 117 cm³/mol. The highest BCUT2D eigenvalue weighted by atomic mass is 14.0. The van der Waals surface area contributed by atoms with Gasteiger partial charge in [-0.2, -0.15) is 0 Å². The molecule has 0 aromatic rings. The molecule has 2 unspecified atom stereocenters. The summed E-state index contributed by atoms with van der Waals surface area (Å²) in [5, 5.41) is 0. The molecule has 0 amide bonds. The topological polar surface area (TPSA) is 0 Å². The second-order valence-corrected chi connectivity index (χ2v) is 8.54. The zero-order valence-corrected chi connectivity index (χ0v) is 18.3. The van der Waals surface area contributed by atoms with Gasteiger partial charge in [-0.3, -0.25) is 0 Å². The number of unbranched alkanes of at least 4 members (excludes halogenated alkanes) is 11. The van der Waals surface area contributed by atoms with E-state index in [-0.39, 0.29) is 0 Å². The highest BCUT2D eigenvalue weighted by Gasteiger charge is 1.98. The maximum absolute atomic E-state index is 2.43. The molecule has 0 rings (SSSR count). The summed E-state index contributed by atoms with van der Waals surface area (Å²) in [5.74, 6) is 1.87. The van der Waals surface area contributed by atoms with Gasteiger partial charge < -0.3 is 0 Å². The summed E-state index contributed by atoms with van der Waals surface area (Å²) in [6.45, 7) is 9.40. The molecule has 0 aromatic heterocycles. The molecule has 2 atom stereocenters. The maximum Gasteiger partial charge on any atom is -0.0351 e. The van der Waals surface area contributed by atoms with E-state index in [1.54, 1.807) is 0 Å². The van der Waals surface area contributed by atoms with Crippen LogP contribution in [0.25, 0.3) is 0 Å². The molecule has 0 heteroatoms. The van der Waals surface area contributed by atoms with Crippen LogP contribution >= 0.6 is 0 Å². The summed E-state index contributed by atoms with van der Waals surface area (Å²) < 4.78 is 0. The van der Waals surface area contributed by atoms with Crippen molar-refractivity contribution >= 4 is 0 Å². The molecule has 0 bridgehead atoms. The molecule has 0 aliphatic heterocycles. The van der Waals surface area contributed by atoms with Crippen molar-refractivity contribution in [3.63, 3.8) is 0 Å². The molecule has 25 heavy (non-hydrogen) atoms. The van der Waals surface area contributed by atoms with E-state index in [2.05, 4.69) is 39.8 Å². The van der Waals surface area contributed by atoms with E-state index in [0.29, 0.717) is 0 Å². The standard InChI is InChI=1S/C25H50/c1-5-24(3)22-20-18-16-14-12-10-8-7-9-11-13-15-17-19-21-23-25(4)6-2/h10,12,24-25H,5-9,11,13-23H2,1-4H3. The fourth-order valence-corrected chi connectivity index (χ4v) is 3.39. The molecule has 0 aliphatic rings. The van der Waals surface area contributed by atoms with E-state index in [1.165, 1.54) is 109 Å². The Morgan fingerprint density at radius 2 is 0.800 bits per heavy atom. The molecule has 0 aliphatic carbocycles. The first-order chi connectivity index (χ1) is 12.2. The first-order valence-electron chi connectivity index (χ1n) is 11.9. The zero-order chi connectivity index (χ0) is 18.6. The van der Waals surface area contributed by atoms with Crippen LogP contribution in [0.2, 0.25) is 0 Å². The Hall–Kier alpha value is -0.260. The summed E-state index contributed by atoms with van der Waals surface area (Å²) in [6, 6.07) is 0. The van der Waals surface area contributed by atoms with Gasteiger partial charge in [0.15, 0.2) is 0 Å². The minimum Gasteiger partial charge on any atom is -0.0885 e. The molecule has 0 saturated carbocycles. The van der Waals surface area contributed by atoms with Crippen LogP contribution in [0.1, 0.15) is 137 Å². The molecular weight excluding hydrogens is 300 g/mol. The Labute approximate surface area is 161 Å². The van der Waals surface area contributed by atoms with Crippen LogP contribution in [-0.2, 0) is 0 Å². The quantitative estimate of drug-likeness (QED) is 0.161. The second-order valence-electron chi connectivity index (χ2n) is 8.54. The van der Waals surface area contributed by atoms with E-state index in [4.69, 9.17) is 0 Å². The fraction of sp³-hybridized carbons (Fsp3) is 0.920. The molecule has 0 radical (unpaired) electrons. The molecule has 0 aromatic carbocycles. The molecule has 0 saturated heterocycles. The number of hydrogen-bond acceptors (Lipinski definition) is 0. The largest absolute Gasteiger partial charge is 0.0885 e. The lowest BCUT2D eigenvalue weighted by Crippen LogP contribution is -1.91. The van der Waals surface area contributed by atoms with Gasteiger partial charge in [0.25, 0.3) is 0 Å². The van der Waals surface area contributed by atoms with Gasteiger partial charge in [-0.1, -0.05) is 123 Å². The number of rotatable bonds is 19. The van der Waals surface area contributed by atoms with Crippen LogP contribution in [0.15, 0.2) is 12.2 Å². The zero-order valence-electron chi connectivity index (χ0n) is 18.3. The van der Waals surface area contributed by atoms with Crippen LogP contribution in [0, 0.1) is 11.8 Å².